The Bertz CT molecular complexity index is 600. The Hall–Kier alpha value is -2.43. The third-order valence-corrected chi connectivity index (χ3v) is 2.46. The lowest BCUT2D eigenvalue weighted by Crippen LogP contribution is -2.13. The van der Waals surface area contributed by atoms with E-state index in [2.05, 4.69) is 10.3 Å². The first-order valence-electron chi connectivity index (χ1n) is 6.25. The standard InChI is InChI=1S/C15H15FN2O2/c1-10(2)20-13-7-6-11(9-12(13)16)15(19)18-14-5-3-4-8-17-14/h3-10H,1-2H3,(H,17,18,19). The molecule has 2 rings (SSSR count). The number of nitrogens with one attached hydrogen (secondary N) is 1. The van der Waals surface area contributed by atoms with Crippen LogP contribution in [0.1, 0.15) is 24.2 Å². The second-order valence-electron chi connectivity index (χ2n) is 4.48. The van der Waals surface area contributed by atoms with E-state index in [-0.39, 0.29) is 17.4 Å². The van der Waals surface area contributed by atoms with Crippen molar-refractivity contribution >= 4 is 11.7 Å². The van der Waals surface area contributed by atoms with Gasteiger partial charge in [0.15, 0.2) is 11.6 Å². The number of carbonyl (C=O) groups excluding carboxylic acids is 1. The number of hydrogen-bond donors (Lipinski definition) is 1. The van der Waals surface area contributed by atoms with Gasteiger partial charge >= 0.3 is 0 Å². The summed E-state index contributed by atoms with van der Waals surface area (Å²) in [7, 11) is 0. The maximum atomic E-state index is 13.8. The van der Waals surface area contributed by atoms with Crippen molar-refractivity contribution in [2.75, 3.05) is 5.32 Å². The molecule has 0 radical (unpaired) electrons. The minimum absolute atomic E-state index is 0.127. The Morgan fingerprint density at radius 1 is 1.30 bits per heavy atom. The Morgan fingerprint density at radius 2 is 2.10 bits per heavy atom. The maximum Gasteiger partial charge on any atom is 0.256 e. The van der Waals surface area contributed by atoms with Crippen molar-refractivity contribution in [3.63, 3.8) is 0 Å². The topological polar surface area (TPSA) is 51.2 Å². The highest BCUT2D eigenvalue weighted by Crippen LogP contribution is 2.20. The molecule has 0 unspecified atom stereocenters. The molecule has 0 saturated carbocycles. The van der Waals surface area contributed by atoms with Gasteiger partial charge in [-0.15, -0.1) is 0 Å². The van der Waals surface area contributed by atoms with Crippen LogP contribution in [0.3, 0.4) is 0 Å². The highest BCUT2D eigenvalue weighted by molar-refractivity contribution is 6.03. The molecule has 0 spiro atoms. The molecule has 20 heavy (non-hydrogen) atoms. The summed E-state index contributed by atoms with van der Waals surface area (Å²) in [5, 5.41) is 2.59. The molecule has 1 aromatic carbocycles. The molecule has 1 N–H and O–H groups in total. The molecule has 5 heteroatoms. The van der Waals surface area contributed by atoms with Gasteiger partial charge in [0.1, 0.15) is 5.82 Å². The number of rotatable bonds is 4. The number of anilines is 1. The molecule has 0 fully saturated rings. The second kappa shape index (κ2) is 6.14. The summed E-state index contributed by atoms with van der Waals surface area (Å²) in [5.74, 6) is -0.430. The summed E-state index contributed by atoms with van der Waals surface area (Å²) in [6, 6.07) is 9.26. The van der Waals surface area contributed by atoms with E-state index in [1.807, 2.05) is 0 Å². The molecule has 0 aliphatic carbocycles. The first kappa shape index (κ1) is 14.0. The zero-order chi connectivity index (χ0) is 14.5. The minimum Gasteiger partial charge on any atom is -0.488 e. The summed E-state index contributed by atoms with van der Waals surface area (Å²) in [5.41, 5.74) is 0.212. The van der Waals surface area contributed by atoms with Gasteiger partial charge in [-0.25, -0.2) is 9.37 Å². The summed E-state index contributed by atoms with van der Waals surface area (Å²) in [4.78, 5) is 15.9. The van der Waals surface area contributed by atoms with Crippen molar-refractivity contribution in [3.05, 3.63) is 54.0 Å². The number of ether oxygens (including phenoxy) is 1. The van der Waals surface area contributed by atoms with Crippen molar-refractivity contribution in [3.8, 4) is 5.75 Å². The molecule has 1 amide bonds. The Balaban J connectivity index is 2.13. The number of nitrogens with zero attached hydrogens (tertiary/aromatic N) is 1. The van der Waals surface area contributed by atoms with Crippen molar-refractivity contribution in [1.29, 1.82) is 0 Å². The molecular formula is C15H15FN2O2. The average Bonchev–Trinajstić information content (AvgIpc) is 2.41. The van der Waals surface area contributed by atoms with Crippen LogP contribution in [-0.4, -0.2) is 17.0 Å². The fraction of sp³-hybridized carbons (Fsp3) is 0.200. The van der Waals surface area contributed by atoms with Crippen LogP contribution in [0.15, 0.2) is 42.6 Å². The Morgan fingerprint density at radius 3 is 2.70 bits per heavy atom. The first-order valence-corrected chi connectivity index (χ1v) is 6.25. The largest absolute Gasteiger partial charge is 0.488 e. The van der Waals surface area contributed by atoms with Crippen LogP contribution < -0.4 is 10.1 Å². The summed E-state index contributed by atoms with van der Waals surface area (Å²) >= 11 is 0. The monoisotopic (exact) mass is 274 g/mol. The molecule has 0 atom stereocenters. The number of pyridine rings is 1. The lowest BCUT2D eigenvalue weighted by Gasteiger charge is -2.11. The number of halogens is 1. The molecule has 1 heterocycles. The minimum atomic E-state index is -0.563. The van der Waals surface area contributed by atoms with Crippen LogP contribution in [0, 0.1) is 5.82 Å². The number of amides is 1. The van der Waals surface area contributed by atoms with E-state index in [1.54, 1.807) is 38.2 Å². The number of hydrogen-bond acceptors (Lipinski definition) is 3. The van der Waals surface area contributed by atoms with E-state index in [9.17, 15) is 9.18 Å². The van der Waals surface area contributed by atoms with Gasteiger partial charge in [-0.05, 0) is 44.2 Å². The highest BCUT2D eigenvalue weighted by atomic mass is 19.1. The molecular weight excluding hydrogens is 259 g/mol. The third-order valence-electron chi connectivity index (χ3n) is 2.46. The molecule has 1 aromatic heterocycles. The van der Waals surface area contributed by atoms with E-state index in [0.29, 0.717) is 5.82 Å². The lowest BCUT2D eigenvalue weighted by molar-refractivity contribution is 0.102. The molecule has 0 bridgehead atoms. The second-order valence-corrected chi connectivity index (χ2v) is 4.48. The van der Waals surface area contributed by atoms with Gasteiger partial charge in [0.2, 0.25) is 0 Å². The van der Waals surface area contributed by atoms with E-state index in [0.717, 1.165) is 6.07 Å². The lowest BCUT2D eigenvalue weighted by atomic mass is 10.2. The normalized spacial score (nSPS) is 10.4. The van der Waals surface area contributed by atoms with Crippen molar-refractivity contribution in [2.45, 2.75) is 20.0 Å². The highest BCUT2D eigenvalue weighted by Gasteiger charge is 2.12. The predicted octanol–water partition coefficient (Wildman–Crippen LogP) is 3.26. The van der Waals surface area contributed by atoms with E-state index in [4.69, 9.17) is 4.74 Å². The smallest absolute Gasteiger partial charge is 0.256 e. The Labute approximate surface area is 116 Å². The zero-order valence-corrected chi connectivity index (χ0v) is 11.3. The van der Waals surface area contributed by atoms with Crippen LogP contribution in [0.2, 0.25) is 0 Å². The van der Waals surface area contributed by atoms with Crippen LogP contribution in [0.25, 0.3) is 0 Å². The molecule has 0 aliphatic rings. The van der Waals surface area contributed by atoms with Crippen LogP contribution in [0.5, 0.6) is 5.75 Å². The first-order chi connectivity index (χ1) is 9.56. The number of aromatic nitrogens is 1. The predicted molar refractivity (Wildman–Crippen MR) is 74.4 cm³/mol. The molecule has 2 aromatic rings. The van der Waals surface area contributed by atoms with Gasteiger partial charge in [0, 0.05) is 11.8 Å². The van der Waals surface area contributed by atoms with Gasteiger partial charge in [0.05, 0.1) is 6.10 Å². The molecule has 4 nitrogen and oxygen atoms in total. The zero-order valence-electron chi connectivity index (χ0n) is 11.3. The average molecular weight is 274 g/mol. The molecule has 0 saturated heterocycles. The summed E-state index contributed by atoms with van der Waals surface area (Å²) < 4.78 is 19.1. The van der Waals surface area contributed by atoms with Gasteiger partial charge in [0.25, 0.3) is 5.91 Å². The van der Waals surface area contributed by atoms with Crippen LogP contribution in [-0.2, 0) is 0 Å². The van der Waals surface area contributed by atoms with Crippen molar-refractivity contribution < 1.29 is 13.9 Å². The fourth-order valence-corrected chi connectivity index (χ4v) is 1.62. The van der Waals surface area contributed by atoms with Crippen molar-refractivity contribution in [2.24, 2.45) is 0 Å². The fourth-order valence-electron chi connectivity index (χ4n) is 1.62. The summed E-state index contributed by atoms with van der Waals surface area (Å²) in [6.45, 7) is 3.61. The Kier molecular flexibility index (Phi) is 4.30. The van der Waals surface area contributed by atoms with Crippen molar-refractivity contribution in [1.82, 2.24) is 4.98 Å². The van der Waals surface area contributed by atoms with E-state index >= 15 is 0 Å². The van der Waals surface area contributed by atoms with Crippen LogP contribution >= 0.6 is 0 Å². The van der Waals surface area contributed by atoms with E-state index < -0.39 is 11.7 Å². The van der Waals surface area contributed by atoms with Gasteiger partial charge in [-0.2, -0.15) is 0 Å². The SMILES string of the molecule is CC(C)Oc1ccc(C(=O)Nc2ccccn2)cc1F. The number of benzene rings is 1. The maximum absolute atomic E-state index is 13.8. The van der Waals surface area contributed by atoms with E-state index in [1.165, 1.54) is 12.1 Å². The third kappa shape index (κ3) is 3.54. The summed E-state index contributed by atoms with van der Waals surface area (Å²) in [6.07, 6.45) is 1.44. The number of carbonyl (C=O) groups is 1. The van der Waals surface area contributed by atoms with Gasteiger partial charge in [-0.1, -0.05) is 6.07 Å². The van der Waals surface area contributed by atoms with Gasteiger partial charge < -0.3 is 10.1 Å². The van der Waals surface area contributed by atoms with Crippen LogP contribution in [0.4, 0.5) is 10.2 Å². The quantitative estimate of drug-likeness (QED) is 0.931. The molecule has 0 aliphatic heterocycles. The molecule has 104 valence electrons. The van der Waals surface area contributed by atoms with Gasteiger partial charge in [-0.3, -0.25) is 4.79 Å².